The van der Waals surface area contributed by atoms with Gasteiger partial charge in [-0.2, -0.15) is 13.2 Å². The molecule has 0 N–H and O–H groups in total. The largest absolute Gasteiger partial charge is 0.468 e. The van der Waals surface area contributed by atoms with Crippen molar-refractivity contribution in [3.05, 3.63) is 59.5 Å². The molecule has 5 nitrogen and oxygen atoms in total. The van der Waals surface area contributed by atoms with Crippen LogP contribution >= 0.6 is 0 Å². The zero-order valence-electron chi connectivity index (χ0n) is 14.7. The lowest BCUT2D eigenvalue weighted by atomic mass is 10.1. The Kier molecular flexibility index (Phi) is 6.18. The molecule has 1 aromatic heterocycles. The van der Waals surface area contributed by atoms with Gasteiger partial charge in [0.25, 0.3) is 5.91 Å². The zero-order valence-corrected chi connectivity index (χ0v) is 14.7. The maximum absolute atomic E-state index is 12.7. The molecule has 2 heterocycles. The summed E-state index contributed by atoms with van der Waals surface area (Å²) in [5.41, 5.74) is 1.00. The molecule has 1 aliphatic rings. The minimum absolute atomic E-state index is 0.120. The summed E-state index contributed by atoms with van der Waals surface area (Å²) in [4.78, 5) is 16.6. The summed E-state index contributed by atoms with van der Waals surface area (Å²) in [6.45, 7) is 1.88. The fourth-order valence-electron chi connectivity index (χ4n) is 2.99. The number of alkyl halides is 3. The topological polar surface area (TPSA) is 45.9 Å². The van der Waals surface area contributed by atoms with E-state index in [1.54, 1.807) is 35.4 Å². The van der Waals surface area contributed by atoms with Crippen LogP contribution < -0.4 is 0 Å². The molecule has 0 spiro atoms. The molecule has 0 radical (unpaired) electrons. The van der Waals surface area contributed by atoms with Crippen molar-refractivity contribution in [2.45, 2.75) is 19.3 Å². The molecule has 1 aliphatic heterocycles. The van der Waals surface area contributed by atoms with E-state index in [1.165, 1.54) is 0 Å². The van der Waals surface area contributed by atoms with Crippen LogP contribution in [0.3, 0.4) is 0 Å². The van der Waals surface area contributed by atoms with E-state index in [0.29, 0.717) is 30.8 Å². The molecule has 0 atom stereocenters. The standard InChI is InChI=1S/C19H21F3N2O3/c20-19(21,22)14-26-13-15-3-1-4-16(11-15)18(25)24-8-6-23(7-9-24)12-17-5-2-10-27-17/h1-5,10-11H,6-9,12-14H2. The molecule has 0 bridgehead atoms. The number of rotatable bonds is 6. The van der Waals surface area contributed by atoms with Crippen LogP contribution in [0.4, 0.5) is 13.2 Å². The number of hydrogen-bond acceptors (Lipinski definition) is 4. The monoisotopic (exact) mass is 382 g/mol. The number of furan rings is 1. The number of amides is 1. The number of carbonyl (C=O) groups excluding carboxylic acids is 1. The number of hydrogen-bond donors (Lipinski definition) is 0. The summed E-state index contributed by atoms with van der Waals surface area (Å²) in [5, 5.41) is 0. The Labute approximate surface area is 155 Å². The van der Waals surface area contributed by atoms with E-state index < -0.39 is 12.8 Å². The van der Waals surface area contributed by atoms with Gasteiger partial charge in [-0.15, -0.1) is 0 Å². The van der Waals surface area contributed by atoms with E-state index >= 15 is 0 Å². The third-order valence-corrected chi connectivity index (χ3v) is 4.33. The van der Waals surface area contributed by atoms with Crippen LogP contribution in [0.25, 0.3) is 0 Å². The Morgan fingerprint density at radius 2 is 1.89 bits per heavy atom. The highest BCUT2D eigenvalue weighted by Crippen LogP contribution is 2.17. The normalized spacial score (nSPS) is 15.9. The Bertz CT molecular complexity index is 739. The minimum Gasteiger partial charge on any atom is -0.468 e. The first-order chi connectivity index (χ1) is 12.9. The molecule has 146 valence electrons. The van der Waals surface area contributed by atoms with Crippen LogP contribution in [0.1, 0.15) is 21.7 Å². The Hall–Kier alpha value is -2.32. The van der Waals surface area contributed by atoms with Crippen LogP contribution in [0.15, 0.2) is 47.1 Å². The number of nitrogens with zero attached hydrogens (tertiary/aromatic N) is 2. The fourth-order valence-corrected chi connectivity index (χ4v) is 2.99. The highest BCUT2D eigenvalue weighted by Gasteiger charge is 2.27. The van der Waals surface area contributed by atoms with Gasteiger partial charge in [0.05, 0.1) is 19.4 Å². The van der Waals surface area contributed by atoms with E-state index in [2.05, 4.69) is 9.64 Å². The SMILES string of the molecule is O=C(c1cccc(COCC(F)(F)F)c1)N1CCN(Cc2ccco2)CC1. The predicted octanol–water partition coefficient (Wildman–Crippen LogP) is 3.32. The lowest BCUT2D eigenvalue weighted by Gasteiger charge is -2.34. The molecule has 0 unspecified atom stereocenters. The second-order valence-corrected chi connectivity index (χ2v) is 6.46. The molecule has 0 saturated carbocycles. The van der Waals surface area contributed by atoms with Crippen LogP contribution in [-0.2, 0) is 17.9 Å². The third kappa shape index (κ3) is 5.83. The summed E-state index contributed by atoms with van der Waals surface area (Å²) in [7, 11) is 0. The van der Waals surface area contributed by atoms with E-state index in [0.717, 1.165) is 18.8 Å². The molecule has 8 heteroatoms. The summed E-state index contributed by atoms with van der Waals surface area (Å²) >= 11 is 0. The Morgan fingerprint density at radius 1 is 1.11 bits per heavy atom. The smallest absolute Gasteiger partial charge is 0.411 e. The van der Waals surface area contributed by atoms with Gasteiger partial charge in [0.15, 0.2) is 0 Å². The van der Waals surface area contributed by atoms with Gasteiger partial charge < -0.3 is 14.1 Å². The molecule has 0 aliphatic carbocycles. The van der Waals surface area contributed by atoms with Gasteiger partial charge in [0.1, 0.15) is 12.4 Å². The quantitative estimate of drug-likeness (QED) is 0.769. The van der Waals surface area contributed by atoms with Gasteiger partial charge in [-0.05, 0) is 29.8 Å². The lowest BCUT2D eigenvalue weighted by Crippen LogP contribution is -2.48. The van der Waals surface area contributed by atoms with Gasteiger partial charge in [-0.1, -0.05) is 12.1 Å². The molecule has 1 amide bonds. The summed E-state index contributed by atoms with van der Waals surface area (Å²) in [6, 6.07) is 10.3. The molecule has 3 rings (SSSR count). The van der Waals surface area contributed by atoms with Gasteiger partial charge in [-0.25, -0.2) is 0 Å². The van der Waals surface area contributed by atoms with E-state index in [4.69, 9.17) is 4.42 Å². The number of piperazine rings is 1. The van der Waals surface area contributed by atoms with E-state index in [9.17, 15) is 18.0 Å². The van der Waals surface area contributed by atoms with Gasteiger partial charge in [-0.3, -0.25) is 9.69 Å². The van der Waals surface area contributed by atoms with Crippen molar-refractivity contribution in [3.8, 4) is 0 Å². The summed E-state index contributed by atoms with van der Waals surface area (Å²) in [6.07, 6.45) is -2.72. The molecule has 2 aromatic rings. The molecule has 1 fully saturated rings. The van der Waals surface area contributed by atoms with Crippen molar-refractivity contribution >= 4 is 5.91 Å². The second-order valence-electron chi connectivity index (χ2n) is 6.46. The average molecular weight is 382 g/mol. The Morgan fingerprint density at radius 3 is 2.56 bits per heavy atom. The van der Waals surface area contributed by atoms with Crippen molar-refractivity contribution in [1.29, 1.82) is 0 Å². The zero-order chi connectivity index (χ0) is 19.3. The lowest BCUT2D eigenvalue weighted by molar-refractivity contribution is -0.176. The molecule has 27 heavy (non-hydrogen) atoms. The number of ether oxygens (including phenoxy) is 1. The summed E-state index contributed by atoms with van der Waals surface area (Å²) in [5.74, 6) is 0.770. The fraction of sp³-hybridized carbons (Fsp3) is 0.421. The van der Waals surface area contributed by atoms with Crippen LogP contribution in [0.2, 0.25) is 0 Å². The van der Waals surface area contributed by atoms with E-state index in [-0.39, 0.29) is 12.5 Å². The van der Waals surface area contributed by atoms with E-state index in [1.807, 2.05) is 12.1 Å². The Balaban J connectivity index is 1.51. The van der Waals surface area contributed by atoms with Crippen LogP contribution in [0, 0.1) is 0 Å². The average Bonchev–Trinajstić information content (AvgIpc) is 3.14. The van der Waals surface area contributed by atoms with Crippen molar-refractivity contribution in [3.63, 3.8) is 0 Å². The van der Waals surface area contributed by atoms with Gasteiger partial charge in [0.2, 0.25) is 0 Å². The number of benzene rings is 1. The van der Waals surface area contributed by atoms with Gasteiger partial charge in [0, 0.05) is 31.7 Å². The van der Waals surface area contributed by atoms with Crippen LogP contribution in [-0.4, -0.2) is 54.7 Å². The maximum Gasteiger partial charge on any atom is 0.411 e. The first-order valence-electron chi connectivity index (χ1n) is 8.68. The predicted molar refractivity (Wildman–Crippen MR) is 92.0 cm³/mol. The van der Waals surface area contributed by atoms with Crippen molar-refractivity contribution in [2.75, 3.05) is 32.8 Å². The van der Waals surface area contributed by atoms with Crippen molar-refractivity contribution in [2.24, 2.45) is 0 Å². The number of halogens is 3. The van der Waals surface area contributed by atoms with Crippen LogP contribution in [0.5, 0.6) is 0 Å². The molecule has 1 aromatic carbocycles. The maximum atomic E-state index is 12.7. The second kappa shape index (κ2) is 8.58. The van der Waals surface area contributed by atoms with Gasteiger partial charge >= 0.3 is 6.18 Å². The molecular formula is C19H21F3N2O3. The molecular weight excluding hydrogens is 361 g/mol. The highest BCUT2D eigenvalue weighted by molar-refractivity contribution is 5.94. The highest BCUT2D eigenvalue weighted by atomic mass is 19.4. The first kappa shape index (κ1) is 19.4. The third-order valence-electron chi connectivity index (χ3n) is 4.33. The summed E-state index contributed by atoms with van der Waals surface area (Å²) < 4.78 is 46.5. The molecule has 1 saturated heterocycles. The first-order valence-corrected chi connectivity index (χ1v) is 8.68. The number of carbonyl (C=O) groups is 1. The minimum atomic E-state index is -4.36. The van der Waals surface area contributed by atoms with Crippen molar-refractivity contribution in [1.82, 2.24) is 9.80 Å². The van der Waals surface area contributed by atoms with Crippen molar-refractivity contribution < 1.29 is 27.1 Å².